The normalized spacial score (nSPS) is 19.2. The third kappa shape index (κ3) is 2.89. The van der Waals surface area contributed by atoms with E-state index in [4.69, 9.17) is 19.2 Å². The van der Waals surface area contributed by atoms with Crippen LogP contribution in [0.3, 0.4) is 0 Å². The number of nitrogens with zero attached hydrogens (tertiary/aromatic N) is 1. The Morgan fingerprint density at radius 1 is 1.32 bits per heavy atom. The number of pyridine rings is 1. The average molecular weight is 309 g/mol. The van der Waals surface area contributed by atoms with E-state index in [0.29, 0.717) is 11.2 Å². The monoisotopic (exact) mass is 309 g/mol. The molecule has 1 N–H and O–H groups in total. The van der Waals surface area contributed by atoms with Gasteiger partial charge in [-0.05, 0) is 27.7 Å². The maximum absolute atomic E-state index is 12.1. The molecule has 1 aliphatic rings. The molecule has 0 radical (unpaired) electrons. The van der Waals surface area contributed by atoms with Crippen molar-refractivity contribution < 1.29 is 23.9 Å². The number of hydrogen-bond acceptors (Lipinski definition) is 5. The predicted octanol–water partition coefficient (Wildman–Crippen LogP) is 0.241. The minimum absolute atomic E-state index is 0.347. The average Bonchev–Trinajstić information content (AvgIpc) is 2.59. The summed E-state index contributed by atoms with van der Waals surface area (Å²) in [4.78, 5) is 22.8. The maximum Gasteiger partial charge on any atom is 0.498 e. The van der Waals surface area contributed by atoms with Crippen molar-refractivity contribution in [2.75, 3.05) is 7.11 Å². The molecule has 0 aromatic carbocycles. The molecule has 1 aromatic heterocycles. The summed E-state index contributed by atoms with van der Waals surface area (Å²) < 4.78 is 18.1. The number of methoxy groups -OCH3 is 1. The minimum atomic E-state index is -1.10. The molecule has 0 atom stereocenters. The molecule has 1 aromatic rings. The molecule has 0 bridgehead atoms. The lowest BCUT2D eigenvalue weighted by Gasteiger charge is -2.32. The van der Waals surface area contributed by atoms with Crippen LogP contribution in [0.15, 0.2) is 17.1 Å². The second kappa shape index (κ2) is 5.44. The minimum Gasteiger partial charge on any atom is -0.496 e. The molecule has 120 valence electrons. The van der Waals surface area contributed by atoms with Crippen LogP contribution in [0.25, 0.3) is 0 Å². The summed E-state index contributed by atoms with van der Waals surface area (Å²) in [5, 5.41) is 8.82. The third-order valence-corrected chi connectivity index (χ3v) is 4.15. The Morgan fingerprint density at radius 3 is 2.32 bits per heavy atom. The van der Waals surface area contributed by atoms with E-state index in [9.17, 15) is 9.59 Å². The van der Waals surface area contributed by atoms with Gasteiger partial charge >= 0.3 is 13.1 Å². The van der Waals surface area contributed by atoms with Crippen molar-refractivity contribution in [3.05, 3.63) is 22.6 Å². The highest BCUT2D eigenvalue weighted by Gasteiger charge is 2.52. The summed E-state index contributed by atoms with van der Waals surface area (Å²) in [5.41, 5.74) is -1.09. The van der Waals surface area contributed by atoms with Crippen LogP contribution in [0.2, 0.25) is 0 Å². The second-order valence-corrected chi connectivity index (χ2v) is 6.25. The lowest BCUT2D eigenvalue weighted by molar-refractivity contribution is -0.137. The van der Waals surface area contributed by atoms with Gasteiger partial charge in [0.05, 0.1) is 18.3 Å². The first kappa shape index (κ1) is 16.6. The van der Waals surface area contributed by atoms with E-state index in [1.807, 2.05) is 27.7 Å². The quantitative estimate of drug-likeness (QED) is 0.802. The van der Waals surface area contributed by atoms with E-state index in [1.54, 1.807) is 0 Å². The van der Waals surface area contributed by atoms with E-state index in [0.717, 1.165) is 4.57 Å². The number of carbonyl (C=O) groups is 1. The third-order valence-electron chi connectivity index (χ3n) is 4.15. The summed E-state index contributed by atoms with van der Waals surface area (Å²) in [5.74, 6) is -0.758. The number of ether oxygens (including phenoxy) is 1. The highest BCUT2D eigenvalue weighted by molar-refractivity contribution is 6.63. The Hall–Kier alpha value is -1.80. The molecule has 7 nitrogen and oxygen atoms in total. The van der Waals surface area contributed by atoms with Crippen LogP contribution in [0.1, 0.15) is 27.7 Å². The first-order chi connectivity index (χ1) is 10.1. The van der Waals surface area contributed by atoms with Crippen molar-refractivity contribution >= 4 is 18.6 Å². The molecule has 22 heavy (non-hydrogen) atoms. The Labute approximate surface area is 128 Å². The van der Waals surface area contributed by atoms with Crippen molar-refractivity contribution in [1.29, 1.82) is 0 Å². The molecule has 0 spiro atoms. The van der Waals surface area contributed by atoms with Crippen molar-refractivity contribution in [2.24, 2.45) is 0 Å². The van der Waals surface area contributed by atoms with Crippen LogP contribution < -0.4 is 15.8 Å². The van der Waals surface area contributed by atoms with Gasteiger partial charge in [-0.15, -0.1) is 0 Å². The fourth-order valence-corrected chi connectivity index (χ4v) is 2.16. The zero-order valence-electron chi connectivity index (χ0n) is 13.4. The Bertz CT molecular complexity index is 635. The molecule has 1 fully saturated rings. The zero-order chi connectivity index (χ0) is 16.7. The predicted molar refractivity (Wildman–Crippen MR) is 80.6 cm³/mol. The molecule has 1 saturated heterocycles. The number of carboxylic acids is 1. The first-order valence-corrected chi connectivity index (χ1v) is 6.93. The smallest absolute Gasteiger partial charge is 0.496 e. The van der Waals surface area contributed by atoms with Gasteiger partial charge in [0.25, 0.3) is 5.56 Å². The summed E-state index contributed by atoms with van der Waals surface area (Å²) in [6, 6.07) is 1.30. The first-order valence-electron chi connectivity index (χ1n) is 6.93. The maximum atomic E-state index is 12.1. The Kier molecular flexibility index (Phi) is 4.10. The topological polar surface area (TPSA) is 87.0 Å². The van der Waals surface area contributed by atoms with Gasteiger partial charge in [0, 0.05) is 17.7 Å². The summed E-state index contributed by atoms with van der Waals surface area (Å²) in [6.07, 6.45) is 1.36. The number of hydrogen-bond donors (Lipinski definition) is 1. The van der Waals surface area contributed by atoms with E-state index < -0.39 is 36.4 Å². The highest BCUT2D eigenvalue weighted by atomic mass is 16.7. The van der Waals surface area contributed by atoms with Crippen molar-refractivity contribution in [2.45, 2.75) is 45.4 Å². The number of carboxylic acid groups (broad SMARTS) is 1. The van der Waals surface area contributed by atoms with Gasteiger partial charge in [0.15, 0.2) is 0 Å². The molecule has 8 heteroatoms. The van der Waals surface area contributed by atoms with E-state index in [1.165, 1.54) is 19.4 Å². The molecule has 2 rings (SSSR count). The van der Waals surface area contributed by atoms with Crippen LogP contribution >= 0.6 is 0 Å². The fourth-order valence-electron chi connectivity index (χ4n) is 2.16. The lowest BCUT2D eigenvalue weighted by atomic mass is 9.79. The molecule has 2 heterocycles. The van der Waals surface area contributed by atoms with Gasteiger partial charge in [0.1, 0.15) is 12.3 Å². The molecular weight excluding hydrogens is 289 g/mol. The van der Waals surface area contributed by atoms with Crippen molar-refractivity contribution in [3.8, 4) is 5.75 Å². The zero-order valence-corrected chi connectivity index (χ0v) is 13.4. The SMILES string of the molecule is COc1cn(CC(=O)O)c(=O)cc1B1OC(C)(C)C(C)(C)O1. The van der Waals surface area contributed by atoms with Gasteiger partial charge in [-0.1, -0.05) is 0 Å². The Morgan fingerprint density at radius 2 is 1.86 bits per heavy atom. The molecular formula is C14H20BNO6. The van der Waals surface area contributed by atoms with Crippen LogP contribution in [0, 0.1) is 0 Å². The Balaban J connectivity index is 2.43. The van der Waals surface area contributed by atoms with E-state index in [2.05, 4.69) is 0 Å². The molecule has 0 amide bonds. The lowest BCUT2D eigenvalue weighted by Crippen LogP contribution is -2.41. The van der Waals surface area contributed by atoms with Crippen LogP contribution in [-0.4, -0.2) is 41.1 Å². The summed E-state index contributed by atoms with van der Waals surface area (Å²) in [7, 11) is 0.701. The summed E-state index contributed by atoms with van der Waals surface area (Å²) >= 11 is 0. The largest absolute Gasteiger partial charge is 0.498 e. The highest BCUT2D eigenvalue weighted by Crippen LogP contribution is 2.36. The number of rotatable bonds is 4. The van der Waals surface area contributed by atoms with Gasteiger partial charge in [-0.2, -0.15) is 0 Å². The molecule has 0 unspecified atom stereocenters. The van der Waals surface area contributed by atoms with Gasteiger partial charge in [-0.3, -0.25) is 9.59 Å². The van der Waals surface area contributed by atoms with E-state index in [-0.39, 0.29) is 0 Å². The van der Waals surface area contributed by atoms with Gasteiger partial charge < -0.3 is 23.7 Å². The van der Waals surface area contributed by atoms with Gasteiger partial charge in [0.2, 0.25) is 0 Å². The van der Waals surface area contributed by atoms with Crippen LogP contribution in [0.4, 0.5) is 0 Å². The van der Waals surface area contributed by atoms with E-state index >= 15 is 0 Å². The van der Waals surface area contributed by atoms with Gasteiger partial charge in [-0.25, -0.2) is 0 Å². The van der Waals surface area contributed by atoms with Crippen molar-refractivity contribution in [1.82, 2.24) is 4.57 Å². The van der Waals surface area contributed by atoms with Crippen LogP contribution in [0.5, 0.6) is 5.75 Å². The van der Waals surface area contributed by atoms with Crippen molar-refractivity contribution in [3.63, 3.8) is 0 Å². The molecule has 1 aliphatic heterocycles. The number of aromatic nitrogens is 1. The van der Waals surface area contributed by atoms with Crippen LogP contribution in [-0.2, 0) is 20.6 Å². The fraction of sp³-hybridized carbons (Fsp3) is 0.571. The summed E-state index contributed by atoms with van der Waals surface area (Å²) in [6.45, 7) is 7.20. The molecule has 0 saturated carbocycles. The number of aliphatic carboxylic acids is 1. The second-order valence-electron chi connectivity index (χ2n) is 6.25. The standard InChI is InChI=1S/C14H20BNO6/c1-13(2)14(3,4)22-15(21-13)9-6-11(17)16(8-12(18)19)7-10(9)20-5/h6-7H,8H2,1-5H3,(H,18,19). The molecule has 0 aliphatic carbocycles.